The Morgan fingerprint density at radius 2 is 1.94 bits per heavy atom. The molecule has 1 rings (SSSR count). The van der Waals surface area contributed by atoms with E-state index in [0.29, 0.717) is 5.75 Å². The molecule has 0 unspecified atom stereocenters. The number of ether oxygens (including phenoxy) is 2. The molecule has 0 fully saturated rings. The van der Waals surface area contributed by atoms with Crippen LogP contribution in [0, 0.1) is 0 Å². The number of para-hydroxylation sites is 1. The molecule has 0 saturated heterocycles. The molecule has 0 saturated carbocycles. The molecular weight excluding hydrogens is 210 g/mol. The lowest BCUT2D eigenvalue weighted by molar-refractivity contribution is -0.145. The first-order chi connectivity index (χ1) is 7.63. The third-order valence-electron chi connectivity index (χ3n) is 1.88. The highest BCUT2D eigenvalue weighted by atomic mass is 16.5. The van der Waals surface area contributed by atoms with Crippen molar-refractivity contribution in [1.82, 2.24) is 0 Å². The van der Waals surface area contributed by atoms with Crippen LogP contribution < -0.4 is 10.5 Å². The van der Waals surface area contributed by atoms with Gasteiger partial charge in [0.25, 0.3) is 0 Å². The molecule has 0 radical (unpaired) electrons. The second-order valence-corrected chi connectivity index (χ2v) is 3.12. The molecule has 1 aromatic carbocycles. The van der Waals surface area contributed by atoms with Crippen molar-refractivity contribution in [3.63, 3.8) is 0 Å². The summed E-state index contributed by atoms with van der Waals surface area (Å²) >= 11 is 0. The summed E-state index contributed by atoms with van der Waals surface area (Å²) in [6, 6.07) is 7.51. The molecular formula is C11H13NO4. The molecule has 5 nitrogen and oxygen atoms in total. The summed E-state index contributed by atoms with van der Waals surface area (Å²) in [5.74, 6) is -0.804. The van der Waals surface area contributed by atoms with Gasteiger partial charge in [0.15, 0.2) is 0 Å². The first kappa shape index (κ1) is 12.2. The first-order valence-electron chi connectivity index (χ1n) is 4.72. The minimum Gasteiger partial charge on any atom is -0.469 e. The Labute approximate surface area is 93.1 Å². The van der Waals surface area contributed by atoms with Gasteiger partial charge in [0.05, 0.1) is 13.5 Å². The fourth-order valence-electron chi connectivity index (χ4n) is 1.03. The highest BCUT2D eigenvalue weighted by molar-refractivity contribution is 5.83. The van der Waals surface area contributed by atoms with Gasteiger partial charge in [-0.25, -0.2) is 4.79 Å². The van der Waals surface area contributed by atoms with Crippen molar-refractivity contribution in [3.05, 3.63) is 30.3 Å². The fourth-order valence-corrected chi connectivity index (χ4v) is 1.03. The summed E-state index contributed by atoms with van der Waals surface area (Å²) < 4.78 is 9.34. The fraction of sp³-hybridized carbons (Fsp3) is 0.273. The Morgan fingerprint density at radius 3 is 2.50 bits per heavy atom. The topological polar surface area (TPSA) is 78.6 Å². The Balaban J connectivity index is 2.49. The zero-order chi connectivity index (χ0) is 12.0. The molecule has 0 bridgehead atoms. The molecule has 16 heavy (non-hydrogen) atoms. The van der Waals surface area contributed by atoms with Crippen LogP contribution >= 0.6 is 0 Å². The number of hydrogen-bond donors (Lipinski definition) is 1. The van der Waals surface area contributed by atoms with E-state index in [1.165, 1.54) is 7.11 Å². The van der Waals surface area contributed by atoms with E-state index in [2.05, 4.69) is 4.74 Å². The van der Waals surface area contributed by atoms with E-state index in [9.17, 15) is 9.59 Å². The van der Waals surface area contributed by atoms with Gasteiger partial charge < -0.3 is 15.2 Å². The van der Waals surface area contributed by atoms with E-state index in [1.807, 2.05) is 0 Å². The maximum atomic E-state index is 11.4. The lowest BCUT2D eigenvalue weighted by atomic mass is 10.2. The minimum absolute atomic E-state index is 0.192. The smallest absolute Gasteiger partial charge is 0.328 e. The van der Waals surface area contributed by atoms with Crippen LogP contribution in [-0.4, -0.2) is 25.1 Å². The SMILES string of the molecule is COC(=O)C[C@H](N)C(=O)Oc1ccccc1. The molecule has 5 heteroatoms. The van der Waals surface area contributed by atoms with Crippen molar-refractivity contribution in [3.8, 4) is 5.75 Å². The van der Waals surface area contributed by atoms with Crippen LogP contribution in [0.3, 0.4) is 0 Å². The highest BCUT2D eigenvalue weighted by Gasteiger charge is 2.19. The number of hydrogen-bond acceptors (Lipinski definition) is 5. The summed E-state index contributed by atoms with van der Waals surface area (Å²) in [6.07, 6.45) is -0.192. The van der Waals surface area contributed by atoms with E-state index < -0.39 is 18.0 Å². The lowest BCUT2D eigenvalue weighted by Gasteiger charge is -2.09. The molecule has 1 aromatic rings. The van der Waals surface area contributed by atoms with Gasteiger partial charge in [-0.1, -0.05) is 18.2 Å². The zero-order valence-electron chi connectivity index (χ0n) is 8.88. The van der Waals surface area contributed by atoms with Gasteiger partial charge in [-0.05, 0) is 12.1 Å². The van der Waals surface area contributed by atoms with Crippen LogP contribution in [0.25, 0.3) is 0 Å². The molecule has 0 aliphatic heterocycles. The van der Waals surface area contributed by atoms with E-state index in [0.717, 1.165) is 0 Å². The summed E-state index contributed by atoms with van der Waals surface area (Å²) in [5.41, 5.74) is 5.47. The molecule has 2 N–H and O–H groups in total. The summed E-state index contributed by atoms with van der Waals surface area (Å²) in [6.45, 7) is 0. The first-order valence-corrected chi connectivity index (χ1v) is 4.72. The van der Waals surface area contributed by atoms with Crippen molar-refractivity contribution < 1.29 is 19.1 Å². The van der Waals surface area contributed by atoms with Crippen molar-refractivity contribution >= 4 is 11.9 Å². The number of benzene rings is 1. The summed E-state index contributed by atoms with van der Waals surface area (Å²) in [5, 5.41) is 0. The van der Waals surface area contributed by atoms with Crippen molar-refractivity contribution in [2.45, 2.75) is 12.5 Å². The molecule has 0 aliphatic rings. The summed E-state index contributed by atoms with van der Waals surface area (Å²) in [4.78, 5) is 22.3. The van der Waals surface area contributed by atoms with E-state index in [1.54, 1.807) is 30.3 Å². The van der Waals surface area contributed by atoms with Crippen molar-refractivity contribution in [2.24, 2.45) is 5.73 Å². The lowest BCUT2D eigenvalue weighted by Crippen LogP contribution is -2.36. The van der Waals surface area contributed by atoms with Gasteiger partial charge >= 0.3 is 11.9 Å². The van der Waals surface area contributed by atoms with Gasteiger partial charge in [-0.2, -0.15) is 0 Å². The van der Waals surface area contributed by atoms with Gasteiger partial charge in [0.1, 0.15) is 11.8 Å². The molecule has 1 atom stereocenters. The van der Waals surface area contributed by atoms with Gasteiger partial charge in [0.2, 0.25) is 0 Å². The largest absolute Gasteiger partial charge is 0.469 e. The maximum Gasteiger partial charge on any atom is 0.328 e. The van der Waals surface area contributed by atoms with Crippen molar-refractivity contribution in [2.75, 3.05) is 7.11 Å². The average Bonchev–Trinajstić information content (AvgIpc) is 2.30. The summed E-state index contributed by atoms with van der Waals surface area (Å²) in [7, 11) is 1.23. The maximum absolute atomic E-state index is 11.4. The number of carbonyl (C=O) groups is 2. The average molecular weight is 223 g/mol. The number of nitrogens with two attached hydrogens (primary N) is 1. The van der Waals surface area contributed by atoms with Crippen LogP contribution in [0.5, 0.6) is 5.75 Å². The highest BCUT2D eigenvalue weighted by Crippen LogP contribution is 2.09. The normalized spacial score (nSPS) is 11.6. The van der Waals surface area contributed by atoms with E-state index in [4.69, 9.17) is 10.5 Å². The van der Waals surface area contributed by atoms with Gasteiger partial charge in [-0.3, -0.25) is 4.79 Å². The third kappa shape index (κ3) is 3.70. The van der Waals surface area contributed by atoms with Crippen LogP contribution in [0.2, 0.25) is 0 Å². The standard InChI is InChI=1S/C11H13NO4/c1-15-10(13)7-9(12)11(14)16-8-5-3-2-4-6-8/h2-6,9H,7,12H2,1H3/t9-/m0/s1. The molecule has 0 amide bonds. The van der Waals surface area contributed by atoms with Crippen LogP contribution in [-0.2, 0) is 14.3 Å². The molecule has 0 aromatic heterocycles. The number of rotatable bonds is 4. The van der Waals surface area contributed by atoms with Crippen molar-refractivity contribution in [1.29, 1.82) is 0 Å². The third-order valence-corrected chi connectivity index (χ3v) is 1.88. The minimum atomic E-state index is -1.01. The number of methoxy groups -OCH3 is 1. The predicted octanol–water partition coefficient (Wildman–Crippen LogP) is 0.482. The van der Waals surface area contributed by atoms with Crippen LogP contribution in [0.15, 0.2) is 30.3 Å². The van der Waals surface area contributed by atoms with Gasteiger partial charge in [-0.15, -0.1) is 0 Å². The van der Waals surface area contributed by atoms with E-state index in [-0.39, 0.29) is 6.42 Å². The molecule has 0 spiro atoms. The Kier molecular flexibility index (Phi) is 4.47. The van der Waals surface area contributed by atoms with Crippen LogP contribution in [0.1, 0.15) is 6.42 Å². The molecule has 0 heterocycles. The quantitative estimate of drug-likeness (QED) is 0.593. The second-order valence-electron chi connectivity index (χ2n) is 3.12. The monoisotopic (exact) mass is 223 g/mol. The van der Waals surface area contributed by atoms with Gasteiger partial charge in [0, 0.05) is 0 Å². The Morgan fingerprint density at radius 1 is 1.31 bits per heavy atom. The zero-order valence-corrected chi connectivity index (χ0v) is 8.88. The van der Waals surface area contributed by atoms with E-state index >= 15 is 0 Å². The molecule has 0 aliphatic carbocycles. The predicted molar refractivity (Wildman–Crippen MR) is 56.7 cm³/mol. The number of esters is 2. The van der Waals surface area contributed by atoms with Crippen LogP contribution in [0.4, 0.5) is 0 Å². The number of carbonyl (C=O) groups excluding carboxylic acids is 2. The Hall–Kier alpha value is -1.88. The second kappa shape index (κ2) is 5.87. The molecule has 86 valence electrons. The Bertz CT molecular complexity index is 364.